The number of nitrogens with one attached hydrogen (secondary N) is 1. The minimum atomic E-state index is -0.736. The van der Waals surface area contributed by atoms with E-state index in [2.05, 4.69) is 45.2 Å². The summed E-state index contributed by atoms with van der Waals surface area (Å²) in [6, 6.07) is -1.40. The molecule has 0 radical (unpaired) electrons. The van der Waals surface area contributed by atoms with E-state index in [-0.39, 0.29) is 11.3 Å². The smallest absolute Gasteiger partial charge is 0.328 e. The van der Waals surface area contributed by atoms with Crippen LogP contribution >= 0.6 is 0 Å². The number of esters is 1. The zero-order valence-electron chi connectivity index (χ0n) is 19.0. The van der Waals surface area contributed by atoms with Crippen LogP contribution in [0.15, 0.2) is 47.1 Å². The molecule has 0 aliphatic heterocycles. The van der Waals surface area contributed by atoms with Crippen LogP contribution in [0.25, 0.3) is 0 Å². The highest BCUT2D eigenvalue weighted by Crippen LogP contribution is 2.40. The van der Waals surface area contributed by atoms with E-state index in [1.165, 1.54) is 30.4 Å². The Morgan fingerprint density at radius 2 is 1.90 bits per heavy atom. The van der Waals surface area contributed by atoms with Crippen LogP contribution in [0.1, 0.15) is 67.7 Å². The zero-order chi connectivity index (χ0) is 22.2. The van der Waals surface area contributed by atoms with Gasteiger partial charge in [0.05, 0.1) is 6.04 Å². The summed E-state index contributed by atoms with van der Waals surface area (Å²) in [7, 11) is 0. The largest absolute Gasteiger partial charge is 0.457 e. The van der Waals surface area contributed by atoms with Crippen LogP contribution in [-0.4, -0.2) is 30.1 Å². The Morgan fingerprint density at radius 1 is 1.24 bits per heavy atom. The highest BCUT2D eigenvalue weighted by molar-refractivity contribution is 5.86. The molecule has 0 aromatic heterocycles. The molecule has 5 heteroatoms. The first kappa shape index (κ1) is 24.9. The van der Waals surface area contributed by atoms with Gasteiger partial charge in [0.2, 0.25) is 5.91 Å². The average Bonchev–Trinajstić information content (AvgIpc) is 2.60. The maximum absolute atomic E-state index is 12.0. The maximum Gasteiger partial charge on any atom is 0.328 e. The van der Waals surface area contributed by atoms with Crippen molar-refractivity contribution in [2.75, 3.05) is 0 Å². The van der Waals surface area contributed by atoms with E-state index in [0.29, 0.717) is 0 Å². The van der Waals surface area contributed by atoms with Crippen LogP contribution in [0.5, 0.6) is 0 Å². The fourth-order valence-electron chi connectivity index (χ4n) is 3.37. The first-order valence-electron chi connectivity index (χ1n) is 10.4. The molecule has 1 aliphatic rings. The molecule has 1 unspecified atom stereocenters. The third-order valence-electron chi connectivity index (χ3n) is 5.22. The van der Waals surface area contributed by atoms with Crippen molar-refractivity contribution < 1.29 is 14.3 Å². The normalized spacial score (nSPS) is 20.6. The van der Waals surface area contributed by atoms with Gasteiger partial charge in [-0.25, -0.2) is 4.79 Å². The number of allylic oxidation sites excluding steroid dienone is 7. The number of hydrogen-bond donors (Lipinski definition) is 2. The molecule has 0 spiro atoms. The van der Waals surface area contributed by atoms with E-state index in [1.807, 2.05) is 18.2 Å². The minimum absolute atomic E-state index is 0.228. The van der Waals surface area contributed by atoms with Gasteiger partial charge in [-0.3, -0.25) is 4.79 Å². The first-order chi connectivity index (χ1) is 13.4. The van der Waals surface area contributed by atoms with Crippen molar-refractivity contribution in [3.05, 3.63) is 47.1 Å². The molecule has 5 nitrogen and oxygen atoms in total. The number of hydrogen-bond acceptors (Lipinski definition) is 4. The molecule has 0 heterocycles. The number of ether oxygens (including phenoxy) is 1. The summed E-state index contributed by atoms with van der Waals surface area (Å²) in [4.78, 5) is 23.6. The number of nitrogens with two attached hydrogens (primary N) is 1. The Balaban J connectivity index is 2.61. The zero-order valence-corrected chi connectivity index (χ0v) is 19.0. The van der Waals surface area contributed by atoms with Crippen molar-refractivity contribution in [1.29, 1.82) is 0 Å². The van der Waals surface area contributed by atoms with E-state index < -0.39 is 24.2 Å². The number of carbonyl (C=O) groups excluding carboxylic acids is 2. The minimum Gasteiger partial charge on any atom is -0.457 e. The first-order valence-corrected chi connectivity index (χ1v) is 10.4. The summed E-state index contributed by atoms with van der Waals surface area (Å²) in [5.41, 5.74) is 9.75. The van der Waals surface area contributed by atoms with Crippen molar-refractivity contribution in [2.24, 2.45) is 11.1 Å². The van der Waals surface area contributed by atoms with Gasteiger partial charge < -0.3 is 15.8 Å². The fourth-order valence-corrected chi connectivity index (χ4v) is 3.37. The second-order valence-electron chi connectivity index (χ2n) is 8.72. The molecule has 3 atom stereocenters. The molecule has 162 valence electrons. The SMILES string of the molecule is CC(C=CC1=C(C)CCCC1(C)C)=CC=CC(C)OC(=O)[C@H](C)NC(=O)[C@H](C)N. The lowest BCUT2D eigenvalue weighted by Gasteiger charge is -2.32. The highest BCUT2D eigenvalue weighted by Gasteiger charge is 2.26. The molecular weight excluding hydrogens is 364 g/mol. The van der Waals surface area contributed by atoms with E-state index in [0.717, 1.165) is 5.57 Å². The van der Waals surface area contributed by atoms with Crippen LogP contribution in [-0.2, 0) is 14.3 Å². The van der Waals surface area contributed by atoms with Gasteiger partial charge >= 0.3 is 5.97 Å². The Kier molecular flexibility index (Phi) is 9.57. The highest BCUT2D eigenvalue weighted by atomic mass is 16.5. The number of carbonyl (C=O) groups is 2. The molecule has 0 aromatic carbocycles. The molecule has 29 heavy (non-hydrogen) atoms. The van der Waals surface area contributed by atoms with Gasteiger partial charge in [-0.1, -0.05) is 49.3 Å². The van der Waals surface area contributed by atoms with Crippen molar-refractivity contribution in [3.8, 4) is 0 Å². The Labute approximate surface area is 176 Å². The van der Waals surface area contributed by atoms with Gasteiger partial charge in [-0.15, -0.1) is 0 Å². The summed E-state index contributed by atoms with van der Waals surface area (Å²) in [5, 5.41) is 2.53. The summed E-state index contributed by atoms with van der Waals surface area (Å²) in [6.07, 6.45) is 13.3. The van der Waals surface area contributed by atoms with Crippen LogP contribution in [0.3, 0.4) is 0 Å². The number of rotatable bonds is 8. The van der Waals surface area contributed by atoms with E-state index in [9.17, 15) is 9.59 Å². The van der Waals surface area contributed by atoms with Gasteiger partial charge in [0, 0.05) is 0 Å². The van der Waals surface area contributed by atoms with Crippen molar-refractivity contribution >= 4 is 11.9 Å². The molecule has 0 saturated heterocycles. The Bertz CT molecular complexity index is 712. The Morgan fingerprint density at radius 3 is 2.48 bits per heavy atom. The molecule has 1 amide bonds. The summed E-state index contributed by atoms with van der Waals surface area (Å²) < 4.78 is 5.34. The lowest BCUT2D eigenvalue weighted by atomic mass is 9.72. The van der Waals surface area contributed by atoms with E-state index in [4.69, 9.17) is 10.5 Å². The van der Waals surface area contributed by atoms with Crippen LogP contribution in [0.4, 0.5) is 0 Å². The monoisotopic (exact) mass is 402 g/mol. The van der Waals surface area contributed by atoms with Gasteiger partial charge in [-0.05, 0) is 70.9 Å². The standard InChI is InChI=1S/C24H38N2O3/c1-16(13-14-21-17(2)11-9-15-24(21,6)7)10-8-12-18(3)29-23(28)20(5)26-22(27)19(4)25/h8,10,12-14,18-20H,9,11,15,25H2,1-7H3,(H,26,27)/t18?,19-,20-/m0/s1. The van der Waals surface area contributed by atoms with Crippen molar-refractivity contribution in [2.45, 2.75) is 85.9 Å². The summed E-state index contributed by atoms with van der Waals surface area (Å²) >= 11 is 0. The maximum atomic E-state index is 12.0. The topological polar surface area (TPSA) is 81.4 Å². The molecule has 0 bridgehead atoms. The molecule has 1 rings (SSSR count). The van der Waals surface area contributed by atoms with Crippen molar-refractivity contribution in [1.82, 2.24) is 5.32 Å². The predicted octanol–water partition coefficient (Wildman–Crippen LogP) is 4.36. The van der Waals surface area contributed by atoms with Crippen LogP contribution in [0.2, 0.25) is 0 Å². The van der Waals surface area contributed by atoms with Crippen LogP contribution < -0.4 is 11.1 Å². The second-order valence-corrected chi connectivity index (χ2v) is 8.72. The second kappa shape index (κ2) is 11.1. The van der Waals surface area contributed by atoms with Gasteiger partial charge in [0.25, 0.3) is 0 Å². The third-order valence-corrected chi connectivity index (χ3v) is 5.22. The molecular formula is C24H38N2O3. The average molecular weight is 403 g/mol. The molecule has 0 saturated carbocycles. The van der Waals surface area contributed by atoms with Crippen molar-refractivity contribution in [3.63, 3.8) is 0 Å². The van der Waals surface area contributed by atoms with Gasteiger partial charge in [0.15, 0.2) is 0 Å². The molecule has 1 aliphatic carbocycles. The van der Waals surface area contributed by atoms with Gasteiger partial charge in [0.1, 0.15) is 12.1 Å². The predicted molar refractivity (Wildman–Crippen MR) is 119 cm³/mol. The molecule has 0 fully saturated rings. The summed E-state index contributed by atoms with van der Waals surface area (Å²) in [5.74, 6) is -0.867. The van der Waals surface area contributed by atoms with Crippen LogP contribution in [0, 0.1) is 5.41 Å². The van der Waals surface area contributed by atoms with E-state index in [1.54, 1.807) is 20.8 Å². The number of amides is 1. The van der Waals surface area contributed by atoms with Gasteiger partial charge in [-0.2, -0.15) is 0 Å². The summed E-state index contributed by atoms with van der Waals surface area (Å²) in [6.45, 7) is 13.8. The van der Waals surface area contributed by atoms with E-state index >= 15 is 0 Å². The lowest BCUT2D eigenvalue weighted by molar-refractivity contribution is -0.149. The molecule has 3 N–H and O–H groups in total. The fraction of sp³-hybridized carbons (Fsp3) is 0.583. The quantitative estimate of drug-likeness (QED) is 0.467. The Hall–Kier alpha value is -2.14. The molecule has 0 aromatic rings. The third kappa shape index (κ3) is 8.40. The lowest BCUT2D eigenvalue weighted by Crippen LogP contribution is -2.46.